The van der Waals surface area contributed by atoms with Crippen LogP contribution in [0.15, 0.2) is 22.3 Å². The zero-order chi connectivity index (χ0) is 14.5. The highest BCUT2D eigenvalue weighted by molar-refractivity contribution is 7.10. The van der Waals surface area contributed by atoms with Crippen molar-refractivity contribution in [3.63, 3.8) is 0 Å². The van der Waals surface area contributed by atoms with E-state index in [4.69, 9.17) is 5.11 Å². The molecule has 0 unspecified atom stereocenters. The third-order valence-electron chi connectivity index (χ3n) is 2.76. The molecule has 5 heteroatoms. The Kier molecular flexibility index (Phi) is 4.72. The maximum atomic E-state index is 12.0. The van der Waals surface area contributed by atoms with E-state index >= 15 is 0 Å². The van der Waals surface area contributed by atoms with E-state index in [0.29, 0.717) is 13.0 Å². The molecule has 1 N–H and O–H groups in total. The normalized spacial score (nSPS) is 10.2. The van der Waals surface area contributed by atoms with Gasteiger partial charge in [-0.3, -0.25) is 9.36 Å². The Morgan fingerprint density at radius 1 is 1.40 bits per heavy atom. The molecule has 0 atom stereocenters. The third-order valence-corrected chi connectivity index (χ3v) is 3.69. The smallest absolute Gasteiger partial charge is 0.254 e. The summed E-state index contributed by atoms with van der Waals surface area (Å²) < 4.78 is 1.66. The van der Waals surface area contributed by atoms with Gasteiger partial charge in [0, 0.05) is 34.0 Å². The van der Waals surface area contributed by atoms with Gasteiger partial charge >= 0.3 is 0 Å². The minimum Gasteiger partial charge on any atom is -0.395 e. The van der Waals surface area contributed by atoms with Gasteiger partial charge in [-0.25, -0.2) is 4.98 Å². The van der Waals surface area contributed by atoms with Crippen LogP contribution in [0.5, 0.6) is 0 Å². The summed E-state index contributed by atoms with van der Waals surface area (Å²) in [6, 6.07) is 3.52. The number of aliphatic hydroxyl groups is 1. The van der Waals surface area contributed by atoms with Crippen LogP contribution in [0.2, 0.25) is 0 Å². The molecule has 0 aliphatic carbocycles. The van der Waals surface area contributed by atoms with E-state index in [2.05, 4.69) is 16.8 Å². The third kappa shape index (κ3) is 3.56. The lowest BCUT2D eigenvalue weighted by Crippen LogP contribution is -2.23. The first-order valence-electron chi connectivity index (χ1n) is 6.32. The fourth-order valence-corrected chi connectivity index (χ4v) is 2.67. The Labute approximate surface area is 121 Å². The lowest BCUT2D eigenvalue weighted by molar-refractivity contribution is 0.305. The van der Waals surface area contributed by atoms with Crippen molar-refractivity contribution in [2.75, 3.05) is 6.61 Å². The molecule has 0 aliphatic rings. The summed E-state index contributed by atoms with van der Waals surface area (Å²) in [4.78, 5) is 17.3. The quantitative estimate of drug-likeness (QED) is 0.875. The molecule has 0 amide bonds. The molecule has 2 aromatic heterocycles. The Morgan fingerprint density at radius 3 is 2.90 bits per heavy atom. The molecule has 0 aliphatic heterocycles. The Hall–Kier alpha value is -1.90. The van der Waals surface area contributed by atoms with Gasteiger partial charge in [-0.2, -0.15) is 0 Å². The van der Waals surface area contributed by atoms with Gasteiger partial charge in [0.25, 0.3) is 5.56 Å². The number of aryl methyl sites for hydroxylation is 2. The van der Waals surface area contributed by atoms with E-state index in [1.807, 2.05) is 25.3 Å². The standard InChI is InChI=1S/C15H16N2O2S/c1-11-7-15(19)17(12(2)16-11)9-14-8-13(10-20-14)5-3-4-6-18/h7-8,10,18H,4,6,9H2,1-2H3. The number of thiophene rings is 1. The van der Waals surface area contributed by atoms with Crippen LogP contribution in [0.3, 0.4) is 0 Å². The SMILES string of the molecule is Cc1cc(=O)n(Cc2cc(C#CCCO)cs2)c(C)n1. The Balaban J connectivity index is 2.20. The van der Waals surface area contributed by atoms with Crippen LogP contribution in [-0.2, 0) is 6.54 Å². The monoisotopic (exact) mass is 288 g/mol. The van der Waals surface area contributed by atoms with Crippen LogP contribution < -0.4 is 5.56 Å². The summed E-state index contributed by atoms with van der Waals surface area (Å²) >= 11 is 1.57. The molecular weight excluding hydrogens is 272 g/mol. The highest BCUT2D eigenvalue weighted by Gasteiger charge is 2.05. The van der Waals surface area contributed by atoms with Gasteiger partial charge in [0.2, 0.25) is 0 Å². The van der Waals surface area contributed by atoms with Gasteiger partial charge in [0.05, 0.1) is 13.2 Å². The Morgan fingerprint density at radius 2 is 2.20 bits per heavy atom. The van der Waals surface area contributed by atoms with Crippen LogP contribution in [0.1, 0.15) is 28.4 Å². The zero-order valence-corrected chi connectivity index (χ0v) is 12.3. The number of aromatic nitrogens is 2. The van der Waals surface area contributed by atoms with Gasteiger partial charge in [-0.1, -0.05) is 11.8 Å². The molecule has 0 radical (unpaired) electrons. The van der Waals surface area contributed by atoms with Gasteiger partial charge in [0.15, 0.2) is 0 Å². The molecule has 0 saturated heterocycles. The summed E-state index contributed by atoms with van der Waals surface area (Å²) in [5, 5.41) is 10.6. The molecule has 2 rings (SSSR count). The summed E-state index contributed by atoms with van der Waals surface area (Å²) in [6.45, 7) is 4.25. The van der Waals surface area contributed by atoms with E-state index in [-0.39, 0.29) is 12.2 Å². The number of aliphatic hydroxyl groups excluding tert-OH is 1. The van der Waals surface area contributed by atoms with Crippen molar-refractivity contribution in [2.24, 2.45) is 0 Å². The first-order valence-corrected chi connectivity index (χ1v) is 7.20. The minimum atomic E-state index is -0.0312. The number of hydrogen-bond donors (Lipinski definition) is 1. The van der Waals surface area contributed by atoms with Gasteiger partial charge < -0.3 is 5.11 Å². The fraction of sp³-hybridized carbons (Fsp3) is 0.333. The predicted molar refractivity (Wildman–Crippen MR) is 80.0 cm³/mol. The van der Waals surface area contributed by atoms with Crippen LogP contribution in [0.4, 0.5) is 0 Å². The first-order chi connectivity index (χ1) is 9.60. The average Bonchev–Trinajstić information content (AvgIpc) is 2.82. The second kappa shape index (κ2) is 6.51. The average molecular weight is 288 g/mol. The second-order valence-electron chi connectivity index (χ2n) is 4.45. The molecule has 0 saturated carbocycles. The van der Waals surface area contributed by atoms with Crippen LogP contribution in [0, 0.1) is 25.7 Å². The molecule has 4 nitrogen and oxygen atoms in total. The lowest BCUT2D eigenvalue weighted by Gasteiger charge is -2.07. The number of hydrogen-bond acceptors (Lipinski definition) is 4. The molecule has 0 spiro atoms. The molecule has 104 valence electrons. The number of rotatable bonds is 3. The van der Waals surface area contributed by atoms with Crippen LogP contribution in [0.25, 0.3) is 0 Å². The maximum absolute atomic E-state index is 12.0. The van der Waals surface area contributed by atoms with E-state index in [1.165, 1.54) is 0 Å². The van der Waals surface area contributed by atoms with Gasteiger partial charge in [-0.05, 0) is 19.9 Å². The van der Waals surface area contributed by atoms with Crippen molar-refractivity contribution in [1.82, 2.24) is 9.55 Å². The maximum Gasteiger partial charge on any atom is 0.254 e. The van der Waals surface area contributed by atoms with Crippen molar-refractivity contribution in [1.29, 1.82) is 0 Å². The van der Waals surface area contributed by atoms with E-state index in [1.54, 1.807) is 22.0 Å². The van der Waals surface area contributed by atoms with Crippen molar-refractivity contribution < 1.29 is 5.11 Å². The van der Waals surface area contributed by atoms with Crippen molar-refractivity contribution in [3.8, 4) is 11.8 Å². The van der Waals surface area contributed by atoms with Crippen LogP contribution >= 0.6 is 11.3 Å². The second-order valence-corrected chi connectivity index (χ2v) is 5.44. The summed E-state index contributed by atoms with van der Waals surface area (Å²) in [7, 11) is 0. The summed E-state index contributed by atoms with van der Waals surface area (Å²) in [6.07, 6.45) is 0.478. The molecular formula is C15H16N2O2S. The van der Waals surface area contributed by atoms with E-state index < -0.39 is 0 Å². The minimum absolute atomic E-state index is 0.0312. The highest BCUT2D eigenvalue weighted by atomic mass is 32.1. The molecule has 0 bridgehead atoms. The largest absolute Gasteiger partial charge is 0.395 e. The molecule has 0 fully saturated rings. The van der Waals surface area contributed by atoms with E-state index in [0.717, 1.165) is 22.0 Å². The van der Waals surface area contributed by atoms with Crippen molar-refractivity contribution in [3.05, 3.63) is 49.8 Å². The predicted octanol–water partition coefficient (Wildman–Crippen LogP) is 1.70. The highest BCUT2D eigenvalue weighted by Crippen LogP contribution is 2.15. The number of nitrogens with zero attached hydrogens (tertiary/aromatic N) is 2. The van der Waals surface area contributed by atoms with Crippen LogP contribution in [-0.4, -0.2) is 21.3 Å². The van der Waals surface area contributed by atoms with Crippen molar-refractivity contribution >= 4 is 11.3 Å². The van der Waals surface area contributed by atoms with Gasteiger partial charge in [-0.15, -0.1) is 11.3 Å². The summed E-state index contributed by atoms with van der Waals surface area (Å²) in [5.74, 6) is 6.59. The summed E-state index contributed by atoms with van der Waals surface area (Å²) in [5.41, 5.74) is 1.63. The lowest BCUT2D eigenvalue weighted by atomic mass is 10.3. The van der Waals surface area contributed by atoms with E-state index in [9.17, 15) is 4.79 Å². The molecule has 2 heterocycles. The van der Waals surface area contributed by atoms with Crippen molar-refractivity contribution in [2.45, 2.75) is 26.8 Å². The van der Waals surface area contributed by atoms with Gasteiger partial charge in [0.1, 0.15) is 5.82 Å². The molecule has 0 aromatic carbocycles. The fourth-order valence-electron chi connectivity index (χ4n) is 1.86. The zero-order valence-electron chi connectivity index (χ0n) is 11.5. The molecule has 2 aromatic rings. The first kappa shape index (κ1) is 14.5. The Bertz CT molecular complexity index is 719. The molecule has 20 heavy (non-hydrogen) atoms. The topological polar surface area (TPSA) is 55.1 Å².